The predicted molar refractivity (Wildman–Crippen MR) is 142 cm³/mol. The van der Waals surface area contributed by atoms with Gasteiger partial charge in [0.2, 0.25) is 11.8 Å². The summed E-state index contributed by atoms with van der Waals surface area (Å²) in [5, 5.41) is 0. The Morgan fingerprint density at radius 2 is 1.90 bits per heavy atom. The number of hydrogen-bond acceptors (Lipinski definition) is 7. The monoisotopic (exact) mass is 591 g/mol. The number of aromatic nitrogens is 2. The second kappa shape index (κ2) is 8.70. The number of carbonyl (C=O) groups is 3. The maximum absolute atomic E-state index is 13.8. The minimum absolute atomic E-state index is 0.0250. The first-order chi connectivity index (χ1) is 18.6. The highest BCUT2D eigenvalue weighted by molar-refractivity contribution is 7.19. The van der Waals surface area contributed by atoms with Gasteiger partial charge in [-0.15, -0.1) is 22.9 Å². The average Bonchev–Trinajstić information content (AvgIpc) is 3.19. The molecule has 3 aliphatic rings. The van der Waals surface area contributed by atoms with Crippen LogP contribution in [0.4, 0.5) is 13.2 Å². The smallest absolute Gasteiger partial charge is 0.335 e. The van der Waals surface area contributed by atoms with Crippen molar-refractivity contribution in [2.24, 2.45) is 23.0 Å². The van der Waals surface area contributed by atoms with Crippen molar-refractivity contribution in [1.82, 2.24) is 19.8 Å². The number of halogens is 4. The van der Waals surface area contributed by atoms with Crippen LogP contribution in [0.5, 0.6) is 0 Å². The maximum atomic E-state index is 13.8. The summed E-state index contributed by atoms with van der Waals surface area (Å²) in [6.07, 6.45) is -2.97. The van der Waals surface area contributed by atoms with Crippen LogP contribution in [-0.2, 0) is 22.3 Å². The molecule has 2 aliphatic heterocycles. The van der Waals surface area contributed by atoms with Gasteiger partial charge >= 0.3 is 6.18 Å². The fraction of sp³-hybridized carbons (Fsp3) is 0.444. The van der Waals surface area contributed by atoms with Gasteiger partial charge in [-0.25, -0.2) is 4.98 Å². The van der Waals surface area contributed by atoms with Crippen molar-refractivity contribution >= 4 is 50.9 Å². The van der Waals surface area contributed by atoms with E-state index in [1.54, 1.807) is 6.07 Å². The Bertz CT molecular complexity index is 1590. The third-order valence-corrected chi connectivity index (χ3v) is 9.63. The Hall–Kier alpha value is -3.09. The van der Waals surface area contributed by atoms with Crippen molar-refractivity contribution in [3.63, 3.8) is 0 Å². The first-order valence-corrected chi connectivity index (χ1v) is 13.9. The number of piperidine rings is 1. The van der Waals surface area contributed by atoms with E-state index in [1.807, 2.05) is 13.8 Å². The first-order valence-electron chi connectivity index (χ1n) is 12.7. The van der Waals surface area contributed by atoms with Crippen LogP contribution in [0.25, 0.3) is 21.5 Å². The molecule has 210 valence electrons. The van der Waals surface area contributed by atoms with E-state index >= 15 is 0 Å². The molecule has 2 saturated heterocycles. The molecule has 3 fully saturated rings. The zero-order valence-electron chi connectivity index (χ0n) is 21.8. The van der Waals surface area contributed by atoms with Gasteiger partial charge in [-0.1, -0.05) is 13.8 Å². The Kier molecular flexibility index (Phi) is 5.90. The Morgan fingerprint density at radius 1 is 1.23 bits per heavy atom. The number of aryl methyl sites for hydroxylation is 1. The molecule has 1 saturated carbocycles. The number of alkyl halides is 4. The van der Waals surface area contributed by atoms with Gasteiger partial charge in [0, 0.05) is 23.2 Å². The lowest BCUT2D eigenvalue weighted by atomic mass is 9.99. The van der Waals surface area contributed by atoms with Gasteiger partial charge < -0.3 is 10.6 Å². The van der Waals surface area contributed by atoms with Crippen molar-refractivity contribution in [2.75, 3.05) is 13.1 Å². The molecule has 3 aromatic heterocycles. The summed E-state index contributed by atoms with van der Waals surface area (Å²) in [7, 11) is 0. The standard InChI is InChI=1S/C27H25ClF3N5O3S/c1-12-8-16(27(29,30)31)34-20(17(12)22(37)35-7-5-26(28,32)11-35)14-4-6-33-15-9-13(40-21(14)15)10-36-23(38)18-19(24(36)39)25(18,2)3/h4,6,8-9,18-19H,5,7,10-11,32H2,1-3H3. The van der Waals surface area contributed by atoms with Crippen molar-refractivity contribution in [3.8, 4) is 11.3 Å². The van der Waals surface area contributed by atoms with Gasteiger partial charge in [-0.2, -0.15) is 13.2 Å². The molecule has 1 aliphatic carbocycles. The molecule has 2 N–H and O–H groups in total. The lowest BCUT2D eigenvalue weighted by molar-refractivity contribution is -0.144. The Labute approximate surface area is 236 Å². The van der Waals surface area contributed by atoms with Gasteiger partial charge in [-0.05, 0) is 42.5 Å². The molecule has 5 heterocycles. The van der Waals surface area contributed by atoms with Crippen LogP contribution in [0, 0.1) is 24.2 Å². The molecule has 0 bridgehead atoms. The van der Waals surface area contributed by atoms with E-state index in [4.69, 9.17) is 17.3 Å². The first kappa shape index (κ1) is 27.1. The van der Waals surface area contributed by atoms with Crippen LogP contribution in [0.3, 0.4) is 0 Å². The maximum Gasteiger partial charge on any atom is 0.433 e. The molecule has 0 aromatic carbocycles. The van der Waals surface area contributed by atoms with Gasteiger partial charge in [0.15, 0.2) is 0 Å². The normalized spacial score (nSPS) is 25.7. The molecule has 40 heavy (non-hydrogen) atoms. The van der Waals surface area contributed by atoms with Gasteiger partial charge in [0.25, 0.3) is 5.91 Å². The summed E-state index contributed by atoms with van der Waals surface area (Å²) in [6, 6.07) is 4.08. The lowest BCUT2D eigenvalue weighted by Crippen LogP contribution is -2.39. The van der Waals surface area contributed by atoms with Crippen LogP contribution in [-0.4, -0.2) is 55.6 Å². The summed E-state index contributed by atoms with van der Waals surface area (Å²) in [5.41, 5.74) is 5.30. The van der Waals surface area contributed by atoms with Gasteiger partial charge in [-0.3, -0.25) is 24.3 Å². The Morgan fingerprint density at radius 3 is 2.50 bits per heavy atom. The molecule has 3 unspecified atom stereocenters. The van der Waals surface area contributed by atoms with Crippen molar-refractivity contribution < 1.29 is 27.6 Å². The number of rotatable bonds is 4. The fourth-order valence-corrected chi connectivity index (χ4v) is 7.32. The highest BCUT2D eigenvalue weighted by Gasteiger charge is 2.72. The minimum Gasteiger partial charge on any atom is -0.335 e. The van der Waals surface area contributed by atoms with E-state index in [0.29, 0.717) is 27.1 Å². The van der Waals surface area contributed by atoms with Crippen molar-refractivity contribution in [3.05, 3.63) is 46.1 Å². The van der Waals surface area contributed by atoms with E-state index in [9.17, 15) is 27.6 Å². The summed E-state index contributed by atoms with van der Waals surface area (Å²) < 4.78 is 42.0. The molecule has 3 aromatic rings. The lowest BCUT2D eigenvalue weighted by Gasteiger charge is -2.22. The number of nitrogens with two attached hydrogens (primary N) is 1. The highest BCUT2D eigenvalue weighted by Crippen LogP contribution is 2.63. The van der Waals surface area contributed by atoms with E-state index in [-0.39, 0.29) is 65.5 Å². The number of nitrogens with zero attached hydrogens (tertiary/aromatic N) is 4. The number of amides is 3. The van der Waals surface area contributed by atoms with E-state index < -0.39 is 22.8 Å². The van der Waals surface area contributed by atoms with Crippen LogP contribution >= 0.6 is 22.9 Å². The van der Waals surface area contributed by atoms with E-state index in [0.717, 1.165) is 6.07 Å². The molecule has 0 radical (unpaired) electrons. The van der Waals surface area contributed by atoms with Crippen LogP contribution in [0.1, 0.15) is 46.8 Å². The molecular weight excluding hydrogens is 567 g/mol. The number of carbonyl (C=O) groups excluding carboxylic acids is 3. The number of pyridine rings is 2. The highest BCUT2D eigenvalue weighted by atomic mass is 35.5. The number of imide groups is 1. The van der Waals surface area contributed by atoms with Gasteiger partial charge in [0.05, 0.1) is 46.4 Å². The summed E-state index contributed by atoms with van der Waals surface area (Å²) in [4.78, 5) is 49.8. The van der Waals surface area contributed by atoms with Gasteiger partial charge in [0.1, 0.15) is 10.7 Å². The summed E-state index contributed by atoms with van der Waals surface area (Å²) in [5.74, 6) is -1.58. The second-order valence-corrected chi connectivity index (χ2v) is 13.3. The minimum atomic E-state index is -4.74. The van der Waals surface area contributed by atoms with Crippen LogP contribution in [0.15, 0.2) is 24.4 Å². The molecular formula is C27H25ClF3N5O3S. The van der Waals surface area contributed by atoms with Crippen molar-refractivity contribution in [1.29, 1.82) is 0 Å². The fourth-order valence-electron chi connectivity index (χ4n) is 5.98. The third kappa shape index (κ3) is 4.19. The zero-order valence-corrected chi connectivity index (χ0v) is 23.4. The van der Waals surface area contributed by atoms with E-state index in [2.05, 4.69) is 9.97 Å². The molecule has 3 atom stereocenters. The molecule has 8 nitrogen and oxygen atoms in total. The molecule has 13 heteroatoms. The molecule has 0 spiro atoms. The summed E-state index contributed by atoms with van der Waals surface area (Å²) >= 11 is 7.44. The van der Waals surface area contributed by atoms with E-state index in [1.165, 1.54) is 40.3 Å². The molecule has 3 amide bonds. The topological polar surface area (TPSA) is 109 Å². The summed E-state index contributed by atoms with van der Waals surface area (Å²) in [6.45, 7) is 5.58. The number of hydrogen-bond donors (Lipinski definition) is 1. The Balaban J connectivity index is 1.43. The number of likely N-dealkylation sites (tertiary alicyclic amines) is 2. The van der Waals surface area contributed by atoms with Crippen LogP contribution < -0.4 is 5.73 Å². The average molecular weight is 592 g/mol. The zero-order chi connectivity index (χ0) is 28.9. The quantitative estimate of drug-likeness (QED) is 0.271. The SMILES string of the molecule is Cc1cc(C(F)(F)F)nc(-c2ccnc3cc(CN4C(=O)C5C(C4=O)C5(C)C)sc23)c1C(=O)N1CCC(N)(Cl)C1. The van der Waals surface area contributed by atoms with Crippen molar-refractivity contribution in [2.45, 2.75) is 44.9 Å². The predicted octanol–water partition coefficient (Wildman–Crippen LogP) is 4.57. The second-order valence-electron chi connectivity index (χ2n) is 11.4. The number of thiophene rings is 1. The molecule has 6 rings (SSSR count). The third-order valence-electron chi connectivity index (χ3n) is 8.18. The largest absolute Gasteiger partial charge is 0.433 e. The number of fused-ring (bicyclic) bond motifs is 2. The van der Waals surface area contributed by atoms with Crippen LogP contribution in [0.2, 0.25) is 0 Å².